The van der Waals surface area contributed by atoms with Crippen molar-refractivity contribution in [2.45, 2.75) is 12.4 Å². The summed E-state index contributed by atoms with van der Waals surface area (Å²) in [6.45, 7) is 0. The Balaban J connectivity index is 2.33. The van der Waals surface area contributed by atoms with Crippen LogP contribution in [0.25, 0.3) is 0 Å². The molecule has 82 valence electrons. The highest BCUT2D eigenvalue weighted by molar-refractivity contribution is 5.28. The van der Waals surface area contributed by atoms with Gasteiger partial charge in [-0.15, -0.1) is 0 Å². The summed E-state index contributed by atoms with van der Waals surface area (Å²) in [6.07, 6.45) is 0.199. The molecule has 0 aliphatic heterocycles. The topological polar surface area (TPSA) is 46.2 Å². The van der Waals surface area contributed by atoms with Crippen LogP contribution in [0.3, 0.4) is 0 Å². The van der Waals surface area contributed by atoms with Gasteiger partial charge in [0.15, 0.2) is 0 Å². The lowest BCUT2D eigenvalue weighted by Gasteiger charge is -2.11. The van der Waals surface area contributed by atoms with Gasteiger partial charge in [-0.05, 0) is 29.7 Å². The molecule has 0 heterocycles. The maximum atomic E-state index is 9.25. The Morgan fingerprint density at radius 2 is 1.81 bits per heavy atom. The van der Waals surface area contributed by atoms with Crippen LogP contribution in [-0.4, -0.2) is 5.11 Å². The molecule has 0 saturated heterocycles. The Morgan fingerprint density at radius 1 is 1.12 bits per heavy atom. The van der Waals surface area contributed by atoms with Gasteiger partial charge >= 0.3 is 0 Å². The van der Waals surface area contributed by atoms with Crippen molar-refractivity contribution in [3.8, 4) is 5.75 Å². The average molecular weight is 216 g/mol. The number of phenols is 1. The molecule has 1 unspecified atom stereocenters. The first kappa shape index (κ1) is 7.47. The smallest absolute Gasteiger partial charge is 0.119 e. The molecular formula is C14H15NO. The first-order chi connectivity index (χ1) is 9.02. The maximum absolute atomic E-state index is 9.25. The van der Waals surface area contributed by atoms with Crippen LogP contribution in [0, 0.1) is 0 Å². The van der Waals surface area contributed by atoms with Crippen molar-refractivity contribution in [3.63, 3.8) is 0 Å². The molecule has 2 heteroatoms. The monoisotopic (exact) mass is 216 g/mol. The fraction of sp³-hybridized carbons (Fsp3) is 0.143. The summed E-state index contributed by atoms with van der Waals surface area (Å²) in [7, 11) is 0. The van der Waals surface area contributed by atoms with E-state index in [2.05, 4.69) is 0 Å². The third-order valence-corrected chi connectivity index (χ3v) is 2.41. The summed E-state index contributed by atoms with van der Waals surface area (Å²) in [4.78, 5) is 0. The quantitative estimate of drug-likeness (QED) is 0.825. The molecule has 0 aliphatic carbocycles. The second-order valence-electron chi connectivity index (χ2n) is 3.66. The van der Waals surface area contributed by atoms with E-state index < -0.39 is 6.02 Å². The number of benzene rings is 2. The lowest BCUT2D eigenvalue weighted by molar-refractivity contribution is 0.475. The number of hydrogen-bond donors (Lipinski definition) is 2. The van der Waals surface area contributed by atoms with Crippen molar-refractivity contribution < 1.29 is 9.30 Å². The van der Waals surface area contributed by atoms with Crippen molar-refractivity contribution in [2.24, 2.45) is 5.72 Å². The van der Waals surface area contributed by atoms with Gasteiger partial charge in [0.05, 0.1) is 1.37 Å². The highest BCUT2D eigenvalue weighted by Crippen LogP contribution is 2.17. The van der Waals surface area contributed by atoms with Crippen LogP contribution in [0.5, 0.6) is 5.75 Å². The molecule has 2 rings (SSSR count). The van der Waals surface area contributed by atoms with Crippen molar-refractivity contribution in [3.05, 3.63) is 65.7 Å². The van der Waals surface area contributed by atoms with Gasteiger partial charge < -0.3 is 10.8 Å². The number of aromatic hydroxyl groups is 1. The van der Waals surface area contributed by atoms with E-state index in [1.807, 2.05) is 6.07 Å². The van der Waals surface area contributed by atoms with E-state index >= 15 is 0 Å². The highest BCUT2D eigenvalue weighted by atomic mass is 16.3. The molecule has 2 nitrogen and oxygen atoms in total. The zero-order valence-electron chi connectivity index (χ0n) is 11.8. The molecule has 0 saturated carbocycles. The molecule has 0 bridgehead atoms. The molecule has 3 N–H and O–H groups in total. The highest BCUT2D eigenvalue weighted by Gasteiger charge is 2.06. The molecule has 16 heavy (non-hydrogen) atoms. The predicted molar refractivity (Wildman–Crippen MR) is 65.2 cm³/mol. The van der Waals surface area contributed by atoms with Crippen LogP contribution in [-0.2, 0) is 6.42 Å². The van der Waals surface area contributed by atoms with Crippen LogP contribution in [0.15, 0.2) is 54.6 Å². The van der Waals surface area contributed by atoms with Crippen molar-refractivity contribution in [1.82, 2.24) is 0 Å². The largest absolute Gasteiger partial charge is 0.508 e. The van der Waals surface area contributed by atoms with E-state index in [9.17, 15) is 5.11 Å². The Kier molecular flexibility index (Phi) is 2.25. The summed E-state index contributed by atoms with van der Waals surface area (Å²) in [5, 5.41) is 9.25. The van der Waals surface area contributed by atoms with Gasteiger partial charge in [-0.25, -0.2) is 0 Å². The molecule has 2 aromatic carbocycles. The van der Waals surface area contributed by atoms with Gasteiger partial charge in [0.1, 0.15) is 8.57 Å². The average Bonchev–Trinajstić information content (AvgIpc) is 2.42. The van der Waals surface area contributed by atoms with Crippen LogP contribution in [0.2, 0.25) is 2.82 Å². The van der Waals surface area contributed by atoms with Gasteiger partial charge in [-0.3, -0.25) is 0 Å². The molecule has 0 amide bonds. The van der Waals surface area contributed by atoms with Gasteiger partial charge in [0.25, 0.3) is 0 Å². The summed E-state index contributed by atoms with van der Waals surface area (Å²) in [5.74, 6) is 0.160. The minimum absolute atomic E-state index is 0.160. The second kappa shape index (κ2) is 4.81. The fourth-order valence-corrected chi connectivity index (χ4v) is 1.54. The maximum Gasteiger partial charge on any atom is 0.119 e. The lowest BCUT2D eigenvalue weighted by atomic mass is 10.00. The van der Waals surface area contributed by atoms with Crippen LogP contribution in [0.4, 0.5) is 0 Å². The molecule has 1 atom stereocenters. The van der Waals surface area contributed by atoms with E-state index in [1.165, 1.54) is 0 Å². The van der Waals surface area contributed by atoms with Crippen LogP contribution in [0.1, 0.15) is 18.5 Å². The zero-order chi connectivity index (χ0) is 13.9. The molecule has 0 fully saturated rings. The Hall–Kier alpha value is -1.80. The molecule has 0 aromatic heterocycles. The Morgan fingerprint density at radius 3 is 2.44 bits per heavy atom. The molecule has 2 aromatic rings. The molecule has 0 radical (unpaired) electrons. The lowest BCUT2D eigenvalue weighted by Crippen LogP contribution is -2.12. The summed E-state index contributed by atoms with van der Waals surface area (Å²) in [5.41, 5.74) is 1.80. The summed E-state index contributed by atoms with van der Waals surface area (Å²) < 4.78 is 23.4. The molecule has 0 aliphatic rings. The van der Waals surface area contributed by atoms with Gasteiger partial charge in [0, 0.05) is 6.02 Å². The first-order valence-electron chi connectivity index (χ1n) is 6.53. The number of rotatable bonds is 4. The van der Waals surface area contributed by atoms with E-state index in [0.717, 1.165) is 5.56 Å². The first-order valence-corrected chi connectivity index (χ1v) is 5.14. The SMILES string of the molecule is [2H]N([2H])C([2H])(Cc1ccc(O)cc1)c1ccccc1. The van der Waals surface area contributed by atoms with E-state index in [4.69, 9.17) is 4.19 Å². The van der Waals surface area contributed by atoms with Gasteiger partial charge in [-0.2, -0.15) is 0 Å². The van der Waals surface area contributed by atoms with E-state index in [1.54, 1.807) is 48.5 Å². The minimum atomic E-state index is -1.47. The molecular weight excluding hydrogens is 198 g/mol. The molecule has 0 spiro atoms. The fourth-order valence-electron chi connectivity index (χ4n) is 1.54. The number of nitrogens with two attached hydrogens (primary N) is 1. The van der Waals surface area contributed by atoms with Gasteiger partial charge in [-0.1, -0.05) is 42.5 Å². The zero-order valence-corrected chi connectivity index (χ0v) is 8.80. The van der Waals surface area contributed by atoms with Crippen LogP contribution >= 0.6 is 0 Å². The van der Waals surface area contributed by atoms with E-state index in [-0.39, 0.29) is 12.2 Å². The number of hydrogen-bond acceptors (Lipinski definition) is 2. The normalized spacial score (nSPS) is 17.2. The van der Waals surface area contributed by atoms with Crippen molar-refractivity contribution in [2.75, 3.05) is 0 Å². The second-order valence-corrected chi connectivity index (χ2v) is 3.66. The van der Waals surface area contributed by atoms with Crippen molar-refractivity contribution >= 4 is 0 Å². The summed E-state index contributed by atoms with van der Waals surface area (Å²) >= 11 is 0. The van der Waals surface area contributed by atoms with Gasteiger partial charge in [0.2, 0.25) is 0 Å². The van der Waals surface area contributed by atoms with E-state index in [0.29, 0.717) is 11.3 Å². The van der Waals surface area contributed by atoms with Crippen molar-refractivity contribution in [1.29, 1.82) is 0 Å². The van der Waals surface area contributed by atoms with Crippen LogP contribution < -0.4 is 5.72 Å². The minimum Gasteiger partial charge on any atom is -0.508 e. The summed E-state index contributed by atoms with van der Waals surface area (Å²) in [6, 6.07) is 13.9. The Bertz CT molecular complexity index is 530. The predicted octanol–water partition coefficient (Wildman–Crippen LogP) is 2.63. The number of phenolic OH excluding ortho intramolecular Hbond substituents is 1. The third kappa shape index (κ3) is 2.61. The Labute approximate surface area is 99.7 Å². The third-order valence-electron chi connectivity index (χ3n) is 2.41. The standard InChI is InChI=1S/C14H15NO/c15-14(12-4-2-1-3-5-12)10-11-6-8-13(16)9-7-11/h1-9,14,16H,10,15H2/i14D/hD2.